The molecular formula is C16H14N2O2S. The van der Waals surface area contributed by atoms with E-state index in [4.69, 9.17) is 0 Å². The summed E-state index contributed by atoms with van der Waals surface area (Å²) in [5.74, 6) is 0. The molecule has 3 rings (SSSR count). The van der Waals surface area contributed by atoms with Gasteiger partial charge < -0.3 is 0 Å². The molecule has 0 radical (unpaired) electrons. The van der Waals surface area contributed by atoms with Gasteiger partial charge in [-0.2, -0.15) is 0 Å². The standard InChI is InChI=1S/C16H14N2O2S/c1-12-5-2-8-14(11-12)21(19,20)18-15-9-3-6-13-7-4-10-17-16(13)15/h2-11,18H,1H3. The van der Waals surface area contributed by atoms with Crippen molar-refractivity contribution in [2.24, 2.45) is 0 Å². The quantitative estimate of drug-likeness (QED) is 0.806. The molecule has 21 heavy (non-hydrogen) atoms. The molecule has 0 amide bonds. The first-order chi connectivity index (χ1) is 10.1. The van der Waals surface area contributed by atoms with E-state index in [0.29, 0.717) is 11.2 Å². The van der Waals surface area contributed by atoms with E-state index in [2.05, 4.69) is 9.71 Å². The van der Waals surface area contributed by atoms with Gasteiger partial charge in [0.2, 0.25) is 0 Å². The normalized spacial score (nSPS) is 11.5. The van der Waals surface area contributed by atoms with Gasteiger partial charge >= 0.3 is 0 Å². The molecule has 1 N–H and O–H groups in total. The minimum Gasteiger partial charge on any atom is -0.277 e. The summed E-state index contributed by atoms with van der Waals surface area (Å²) in [5.41, 5.74) is 2.01. The van der Waals surface area contributed by atoms with E-state index < -0.39 is 10.0 Å². The lowest BCUT2D eigenvalue weighted by atomic mass is 10.2. The van der Waals surface area contributed by atoms with Crippen LogP contribution in [-0.4, -0.2) is 13.4 Å². The van der Waals surface area contributed by atoms with Crippen LogP contribution in [0.5, 0.6) is 0 Å². The summed E-state index contributed by atoms with van der Waals surface area (Å²) in [6.45, 7) is 1.86. The molecular weight excluding hydrogens is 284 g/mol. The Balaban J connectivity index is 2.06. The van der Waals surface area contributed by atoms with Gasteiger partial charge in [-0.05, 0) is 36.8 Å². The molecule has 0 unspecified atom stereocenters. The predicted octanol–water partition coefficient (Wildman–Crippen LogP) is 3.34. The summed E-state index contributed by atoms with van der Waals surface area (Å²) in [6.07, 6.45) is 1.65. The third-order valence-corrected chi connectivity index (χ3v) is 4.54. The second-order valence-corrected chi connectivity index (χ2v) is 6.49. The van der Waals surface area contributed by atoms with Crippen LogP contribution >= 0.6 is 0 Å². The molecule has 3 aromatic rings. The van der Waals surface area contributed by atoms with Gasteiger partial charge in [-0.3, -0.25) is 9.71 Å². The molecule has 0 aliphatic heterocycles. The van der Waals surface area contributed by atoms with Gasteiger partial charge in [0.25, 0.3) is 10.0 Å². The molecule has 0 bridgehead atoms. The fourth-order valence-corrected chi connectivity index (χ4v) is 3.34. The molecule has 4 nitrogen and oxygen atoms in total. The average molecular weight is 298 g/mol. The number of hydrogen-bond donors (Lipinski definition) is 1. The van der Waals surface area contributed by atoms with Crippen molar-refractivity contribution < 1.29 is 8.42 Å². The number of aryl methyl sites for hydroxylation is 1. The number of hydrogen-bond acceptors (Lipinski definition) is 3. The predicted molar refractivity (Wildman–Crippen MR) is 83.7 cm³/mol. The van der Waals surface area contributed by atoms with Gasteiger partial charge in [0.05, 0.1) is 16.1 Å². The van der Waals surface area contributed by atoms with Crippen LogP contribution < -0.4 is 4.72 Å². The summed E-state index contributed by atoms with van der Waals surface area (Å²) < 4.78 is 27.5. The Labute approximate surface area is 123 Å². The number of para-hydroxylation sites is 1. The average Bonchev–Trinajstić information content (AvgIpc) is 2.47. The monoisotopic (exact) mass is 298 g/mol. The van der Waals surface area contributed by atoms with Crippen molar-refractivity contribution in [2.75, 3.05) is 4.72 Å². The van der Waals surface area contributed by atoms with Crippen molar-refractivity contribution in [3.8, 4) is 0 Å². The molecule has 2 aromatic carbocycles. The fraction of sp³-hybridized carbons (Fsp3) is 0.0625. The minimum atomic E-state index is -3.62. The number of benzene rings is 2. The Morgan fingerprint density at radius 1 is 1.00 bits per heavy atom. The van der Waals surface area contributed by atoms with Crippen LogP contribution in [0.2, 0.25) is 0 Å². The Hall–Kier alpha value is -2.40. The smallest absolute Gasteiger partial charge is 0.261 e. The van der Waals surface area contributed by atoms with Gasteiger partial charge in [0.1, 0.15) is 0 Å². The zero-order valence-corrected chi connectivity index (χ0v) is 12.3. The third kappa shape index (κ3) is 2.73. The van der Waals surface area contributed by atoms with Crippen LogP contribution in [0.15, 0.2) is 65.7 Å². The van der Waals surface area contributed by atoms with Crippen molar-refractivity contribution in [1.82, 2.24) is 4.98 Å². The van der Waals surface area contributed by atoms with Gasteiger partial charge in [0, 0.05) is 11.6 Å². The highest BCUT2D eigenvalue weighted by Gasteiger charge is 2.15. The Bertz CT molecular complexity index is 900. The fourth-order valence-electron chi connectivity index (χ4n) is 2.17. The van der Waals surface area contributed by atoms with Crippen LogP contribution in [0.1, 0.15) is 5.56 Å². The third-order valence-electron chi connectivity index (χ3n) is 3.18. The number of nitrogens with zero attached hydrogens (tertiary/aromatic N) is 1. The van der Waals surface area contributed by atoms with Crippen LogP contribution in [-0.2, 0) is 10.0 Å². The molecule has 0 saturated carbocycles. The van der Waals surface area contributed by atoms with E-state index in [1.165, 1.54) is 0 Å². The molecule has 106 valence electrons. The molecule has 0 saturated heterocycles. The lowest BCUT2D eigenvalue weighted by Crippen LogP contribution is -2.13. The van der Waals surface area contributed by atoms with E-state index in [0.717, 1.165) is 10.9 Å². The zero-order chi connectivity index (χ0) is 14.9. The minimum absolute atomic E-state index is 0.246. The highest BCUT2D eigenvalue weighted by atomic mass is 32.2. The first-order valence-electron chi connectivity index (χ1n) is 6.49. The van der Waals surface area contributed by atoms with E-state index in [1.54, 1.807) is 36.5 Å². The number of sulfonamides is 1. The Morgan fingerprint density at radius 3 is 2.57 bits per heavy atom. The first-order valence-corrected chi connectivity index (χ1v) is 7.98. The molecule has 0 atom stereocenters. The SMILES string of the molecule is Cc1cccc(S(=O)(=O)Nc2cccc3cccnc23)c1. The second kappa shape index (κ2) is 5.18. The van der Waals surface area contributed by atoms with Crippen LogP contribution in [0.3, 0.4) is 0 Å². The summed E-state index contributed by atoms with van der Waals surface area (Å²) in [6, 6.07) is 15.9. The lowest BCUT2D eigenvalue weighted by Gasteiger charge is -2.10. The van der Waals surface area contributed by atoms with Crippen molar-refractivity contribution in [2.45, 2.75) is 11.8 Å². The molecule has 0 fully saturated rings. The molecule has 5 heteroatoms. The maximum absolute atomic E-state index is 12.5. The first kappa shape index (κ1) is 13.6. The molecule has 0 spiro atoms. The zero-order valence-electron chi connectivity index (χ0n) is 11.4. The molecule has 0 aliphatic rings. The highest BCUT2D eigenvalue weighted by molar-refractivity contribution is 7.92. The van der Waals surface area contributed by atoms with Crippen molar-refractivity contribution in [3.63, 3.8) is 0 Å². The number of fused-ring (bicyclic) bond motifs is 1. The number of nitrogens with one attached hydrogen (secondary N) is 1. The Kier molecular flexibility index (Phi) is 3.35. The van der Waals surface area contributed by atoms with Gasteiger partial charge in [-0.25, -0.2) is 8.42 Å². The number of aromatic nitrogens is 1. The maximum atomic E-state index is 12.5. The van der Waals surface area contributed by atoms with Crippen LogP contribution in [0.25, 0.3) is 10.9 Å². The molecule has 0 aliphatic carbocycles. The van der Waals surface area contributed by atoms with Crippen molar-refractivity contribution in [1.29, 1.82) is 0 Å². The van der Waals surface area contributed by atoms with E-state index in [1.807, 2.05) is 31.2 Å². The summed E-state index contributed by atoms with van der Waals surface area (Å²) >= 11 is 0. The molecule has 1 heterocycles. The van der Waals surface area contributed by atoms with Crippen LogP contribution in [0.4, 0.5) is 5.69 Å². The number of rotatable bonds is 3. The summed E-state index contributed by atoms with van der Waals surface area (Å²) in [4.78, 5) is 4.50. The van der Waals surface area contributed by atoms with E-state index in [-0.39, 0.29) is 4.90 Å². The number of pyridine rings is 1. The van der Waals surface area contributed by atoms with Gasteiger partial charge in [-0.15, -0.1) is 0 Å². The van der Waals surface area contributed by atoms with E-state index in [9.17, 15) is 8.42 Å². The summed E-state index contributed by atoms with van der Waals surface area (Å²) in [5, 5.41) is 0.891. The highest BCUT2D eigenvalue weighted by Crippen LogP contribution is 2.23. The van der Waals surface area contributed by atoms with Crippen molar-refractivity contribution >= 4 is 26.6 Å². The van der Waals surface area contributed by atoms with Gasteiger partial charge in [-0.1, -0.05) is 30.3 Å². The van der Waals surface area contributed by atoms with Crippen LogP contribution in [0, 0.1) is 6.92 Å². The number of anilines is 1. The van der Waals surface area contributed by atoms with E-state index >= 15 is 0 Å². The maximum Gasteiger partial charge on any atom is 0.261 e. The van der Waals surface area contributed by atoms with Crippen molar-refractivity contribution in [3.05, 3.63) is 66.4 Å². The molecule has 1 aromatic heterocycles. The summed E-state index contributed by atoms with van der Waals surface area (Å²) in [7, 11) is -3.62. The lowest BCUT2D eigenvalue weighted by molar-refractivity contribution is 0.601. The topological polar surface area (TPSA) is 59.1 Å². The Morgan fingerprint density at radius 2 is 1.76 bits per heavy atom. The largest absolute Gasteiger partial charge is 0.277 e. The second-order valence-electron chi connectivity index (χ2n) is 4.80. The van der Waals surface area contributed by atoms with Gasteiger partial charge in [0.15, 0.2) is 0 Å².